The number of nitrogens with zero attached hydrogens (tertiary/aromatic N) is 1. The lowest BCUT2D eigenvalue weighted by Crippen LogP contribution is -1.92. The fourth-order valence-electron chi connectivity index (χ4n) is 1.72. The van der Waals surface area contributed by atoms with E-state index in [4.69, 9.17) is 4.74 Å². The molecule has 0 atom stereocenters. The van der Waals surface area contributed by atoms with Crippen LogP contribution in [0, 0.1) is 0 Å². The van der Waals surface area contributed by atoms with Gasteiger partial charge < -0.3 is 4.74 Å². The number of hydrogen-bond acceptors (Lipinski definition) is 2. The number of ether oxygens (including phenoxy) is 1. The maximum absolute atomic E-state index is 5.31. The average molecular weight is 199 g/mol. The summed E-state index contributed by atoms with van der Waals surface area (Å²) in [4.78, 5) is 4.06. The molecule has 2 nitrogen and oxygen atoms in total. The minimum atomic E-state index is 0.860. The van der Waals surface area contributed by atoms with Crippen LogP contribution in [0.1, 0.15) is 5.56 Å². The zero-order chi connectivity index (χ0) is 10.7. The second-order valence-electron chi connectivity index (χ2n) is 3.29. The van der Waals surface area contributed by atoms with Gasteiger partial charge >= 0.3 is 0 Å². The second-order valence-corrected chi connectivity index (χ2v) is 3.29. The van der Waals surface area contributed by atoms with Crippen LogP contribution in [-0.4, -0.2) is 20.4 Å². The van der Waals surface area contributed by atoms with Gasteiger partial charge in [0.15, 0.2) is 0 Å². The van der Waals surface area contributed by atoms with Gasteiger partial charge in [0.2, 0.25) is 0 Å². The minimum absolute atomic E-state index is 0.860. The van der Waals surface area contributed by atoms with E-state index in [1.807, 2.05) is 24.4 Å². The number of hydrogen-bond donors (Lipinski definition) is 0. The molecule has 76 valence electrons. The van der Waals surface area contributed by atoms with E-state index in [1.54, 1.807) is 14.2 Å². The van der Waals surface area contributed by atoms with Crippen molar-refractivity contribution in [3.63, 3.8) is 0 Å². The maximum atomic E-state index is 5.31. The molecular weight excluding hydrogens is 186 g/mol. The normalized spacial score (nSPS) is 11.1. The number of methoxy groups -OCH3 is 1. The van der Waals surface area contributed by atoms with Crippen molar-refractivity contribution in [3.8, 4) is 5.75 Å². The van der Waals surface area contributed by atoms with Gasteiger partial charge in [-0.3, -0.25) is 4.99 Å². The van der Waals surface area contributed by atoms with Crippen molar-refractivity contribution in [1.29, 1.82) is 0 Å². The van der Waals surface area contributed by atoms with Crippen molar-refractivity contribution in [3.05, 3.63) is 42.0 Å². The number of aliphatic imine (C=N–C) groups is 1. The summed E-state index contributed by atoms with van der Waals surface area (Å²) in [6, 6.07) is 12.2. The highest BCUT2D eigenvalue weighted by Gasteiger charge is 2.04. The summed E-state index contributed by atoms with van der Waals surface area (Å²) >= 11 is 0. The first-order valence-electron chi connectivity index (χ1n) is 4.84. The molecule has 0 unspecified atom stereocenters. The highest BCUT2D eigenvalue weighted by Crippen LogP contribution is 2.26. The van der Waals surface area contributed by atoms with Crippen LogP contribution in [0.15, 0.2) is 41.4 Å². The molecule has 0 N–H and O–H groups in total. The molecule has 0 bridgehead atoms. The minimum Gasteiger partial charge on any atom is -0.496 e. The van der Waals surface area contributed by atoms with E-state index < -0.39 is 0 Å². The summed E-state index contributed by atoms with van der Waals surface area (Å²) < 4.78 is 5.31. The van der Waals surface area contributed by atoms with E-state index in [0.29, 0.717) is 0 Å². The molecule has 0 heterocycles. The summed E-state index contributed by atoms with van der Waals surface area (Å²) in [7, 11) is 3.44. The smallest absolute Gasteiger partial charge is 0.128 e. The molecule has 2 rings (SSSR count). The summed E-state index contributed by atoms with van der Waals surface area (Å²) in [5.74, 6) is 0.860. The lowest BCUT2D eigenvalue weighted by atomic mass is 10.0. The van der Waals surface area contributed by atoms with Crippen molar-refractivity contribution in [2.75, 3.05) is 14.2 Å². The quantitative estimate of drug-likeness (QED) is 0.681. The molecule has 0 aliphatic rings. The Labute approximate surface area is 89.2 Å². The lowest BCUT2D eigenvalue weighted by Gasteiger charge is -2.07. The van der Waals surface area contributed by atoms with Crippen LogP contribution in [0.3, 0.4) is 0 Å². The first-order valence-corrected chi connectivity index (χ1v) is 4.84. The van der Waals surface area contributed by atoms with E-state index in [9.17, 15) is 0 Å². The summed E-state index contributed by atoms with van der Waals surface area (Å²) in [5, 5.41) is 2.37. The second kappa shape index (κ2) is 4.13. The summed E-state index contributed by atoms with van der Waals surface area (Å²) in [6.07, 6.45) is 1.83. The van der Waals surface area contributed by atoms with Gasteiger partial charge in [-0.1, -0.05) is 30.3 Å². The molecule has 0 aliphatic heterocycles. The predicted octanol–water partition coefficient (Wildman–Crippen LogP) is 2.90. The summed E-state index contributed by atoms with van der Waals surface area (Å²) in [6.45, 7) is 0. The molecule has 0 fully saturated rings. The zero-order valence-electron chi connectivity index (χ0n) is 8.90. The Morgan fingerprint density at radius 2 is 1.93 bits per heavy atom. The Hall–Kier alpha value is -1.83. The Balaban J connectivity index is 2.78. The largest absolute Gasteiger partial charge is 0.496 e. The molecule has 15 heavy (non-hydrogen) atoms. The van der Waals surface area contributed by atoms with Gasteiger partial charge in [0.25, 0.3) is 0 Å². The Kier molecular flexibility index (Phi) is 2.68. The standard InChI is InChI=1S/C13H13NO/c1-14-9-12-11-6-4-3-5-10(11)7-8-13(12)15-2/h3-9H,1-2H3. The molecular formula is C13H13NO. The fraction of sp³-hybridized carbons (Fsp3) is 0.154. The zero-order valence-corrected chi connectivity index (χ0v) is 8.90. The lowest BCUT2D eigenvalue weighted by molar-refractivity contribution is 0.415. The van der Waals surface area contributed by atoms with Crippen LogP contribution in [0.25, 0.3) is 10.8 Å². The third-order valence-electron chi connectivity index (χ3n) is 2.41. The molecule has 0 aromatic heterocycles. The Morgan fingerprint density at radius 3 is 2.67 bits per heavy atom. The molecule has 0 aliphatic carbocycles. The van der Waals surface area contributed by atoms with Gasteiger partial charge in [0.05, 0.1) is 7.11 Å². The Bertz CT molecular complexity index is 503. The van der Waals surface area contributed by atoms with Crippen molar-refractivity contribution in [2.24, 2.45) is 4.99 Å². The van der Waals surface area contributed by atoms with Crippen LogP contribution >= 0.6 is 0 Å². The number of benzene rings is 2. The predicted molar refractivity (Wildman–Crippen MR) is 64.0 cm³/mol. The van der Waals surface area contributed by atoms with Crippen molar-refractivity contribution in [2.45, 2.75) is 0 Å². The molecule has 2 aromatic carbocycles. The van der Waals surface area contributed by atoms with Crippen molar-refractivity contribution < 1.29 is 4.74 Å². The fourth-order valence-corrected chi connectivity index (χ4v) is 1.72. The van der Waals surface area contributed by atoms with Gasteiger partial charge in [0.1, 0.15) is 5.75 Å². The highest BCUT2D eigenvalue weighted by molar-refractivity contribution is 6.02. The van der Waals surface area contributed by atoms with E-state index in [0.717, 1.165) is 11.3 Å². The third-order valence-corrected chi connectivity index (χ3v) is 2.41. The molecule has 2 heteroatoms. The van der Waals surface area contributed by atoms with Gasteiger partial charge in [-0.2, -0.15) is 0 Å². The van der Waals surface area contributed by atoms with E-state index in [2.05, 4.69) is 23.2 Å². The molecule has 0 spiro atoms. The molecule has 0 saturated heterocycles. The number of rotatable bonds is 2. The SMILES string of the molecule is CN=Cc1c(OC)ccc2ccccc12. The van der Waals surface area contributed by atoms with Crippen LogP contribution in [0.4, 0.5) is 0 Å². The molecule has 2 aromatic rings. The first kappa shape index (κ1) is 9.71. The van der Waals surface area contributed by atoms with E-state index in [-0.39, 0.29) is 0 Å². The monoisotopic (exact) mass is 199 g/mol. The van der Waals surface area contributed by atoms with Gasteiger partial charge in [-0.15, -0.1) is 0 Å². The Morgan fingerprint density at radius 1 is 1.13 bits per heavy atom. The van der Waals surface area contributed by atoms with Crippen LogP contribution < -0.4 is 4.74 Å². The average Bonchev–Trinajstić information content (AvgIpc) is 2.30. The topological polar surface area (TPSA) is 21.6 Å². The van der Waals surface area contributed by atoms with Crippen molar-refractivity contribution >= 4 is 17.0 Å². The molecule has 0 amide bonds. The van der Waals surface area contributed by atoms with E-state index >= 15 is 0 Å². The maximum Gasteiger partial charge on any atom is 0.128 e. The highest BCUT2D eigenvalue weighted by atomic mass is 16.5. The van der Waals surface area contributed by atoms with E-state index in [1.165, 1.54) is 10.8 Å². The van der Waals surface area contributed by atoms with Crippen LogP contribution in [0.2, 0.25) is 0 Å². The van der Waals surface area contributed by atoms with Gasteiger partial charge in [-0.25, -0.2) is 0 Å². The summed E-state index contributed by atoms with van der Waals surface area (Å²) in [5.41, 5.74) is 1.04. The molecule has 0 saturated carbocycles. The van der Waals surface area contributed by atoms with Crippen LogP contribution in [-0.2, 0) is 0 Å². The molecule has 0 radical (unpaired) electrons. The number of fused-ring (bicyclic) bond motifs is 1. The third kappa shape index (κ3) is 1.71. The van der Waals surface area contributed by atoms with Gasteiger partial charge in [0, 0.05) is 18.8 Å². The first-order chi connectivity index (χ1) is 7.36. The van der Waals surface area contributed by atoms with Crippen molar-refractivity contribution in [1.82, 2.24) is 0 Å². The van der Waals surface area contributed by atoms with Crippen LogP contribution in [0.5, 0.6) is 5.75 Å². The van der Waals surface area contributed by atoms with Gasteiger partial charge in [-0.05, 0) is 16.8 Å².